The van der Waals surface area contributed by atoms with Gasteiger partial charge in [-0.3, -0.25) is 4.79 Å². The molecule has 23 heavy (non-hydrogen) atoms. The maximum absolute atomic E-state index is 14.2. The summed E-state index contributed by atoms with van der Waals surface area (Å²) in [5.41, 5.74) is 0.0800. The highest BCUT2D eigenvalue weighted by Gasteiger charge is 2.21. The third-order valence-electron chi connectivity index (χ3n) is 3.85. The van der Waals surface area contributed by atoms with Crippen LogP contribution in [0.4, 0.5) is 24.5 Å². The Balaban J connectivity index is 1.93. The van der Waals surface area contributed by atoms with Crippen molar-refractivity contribution in [3.05, 3.63) is 59.4 Å². The molecule has 1 aliphatic rings. The summed E-state index contributed by atoms with van der Waals surface area (Å²) in [7, 11) is 0. The van der Waals surface area contributed by atoms with Gasteiger partial charge in [-0.05, 0) is 43.2 Å². The molecule has 0 radical (unpaired) electrons. The molecule has 120 valence electrons. The van der Waals surface area contributed by atoms with Crippen LogP contribution in [0.25, 0.3) is 0 Å². The molecule has 0 bridgehead atoms. The van der Waals surface area contributed by atoms with Gasteiger partial charge in [-0.1, -0.05) is 6.07 Å². The van der Waals surface area contributed by atoms with Crippen LogP contribution in [0.15, 0.2) is 36.4 Å². The average molecular weight is 320 g/mol. The van der Waals surface area contributed by atoms with Crippen molar-refractivity contribution < 1.29 is 18.0 Å². The van der Waals surface area contributed by atoms with Gasteiger partial charge in [0.2, 0.25) is 0 Å². The second-order valence-electron chi connectivity index (χ2n) is 5.41. The Kier molecular flexibility index (Phi) is 4.23. The number of hydrogen-bond acceptors (Lipinski definition) is 2. The van der Waals surface area contributed by atoms with Crippen molar-refractivity contribution in [1.29, 1.82) is 0 Å². The number of halogens is 3. The predicted octanol–water partition coefficient (Wildman–Crippen LogP) is 3.96. The molecule has 0 saturated carbocycles. The Morgan fingerprint density at radius 1 is 1.00 bits per heavy atom. The zero-order chi connectivity index (χ0) is 16.4. The quantitative estimate of drug-likeness (QED) is 0.928. The molecule has 2 aromatic carbocycles. The Labute approximate surface area is 131 Å². The molecular formula is C17H15F3N2O. The highest BCUT2D eigenvalue weighted by atomic mass is 19.1. The van der Waals surface area contributed by atoms with Crippen molar-refractivity contribution in [2.24, 2.45) is 0 Å². The first-order valence-corrected chi connectivity index (χ1v) is 7.36. The van der Waals surface area contributed by atoms with Gasteiger partial charge in [0.1, 0.15) is 23.1 Å². The van der Waals surface area contributed by atoms with E-state index in [0.717, 1.165) is 44.1 Å². The van der Waals surface area contributed by atoms with Crippen LogP contribution in [0.1, 0.15) is 23.2 Å². The summed E-state index contributed by atoms with van der Waals surface area (Å²) in [6.45, 7) is 1.53. The minimum absolute atomic E-state index is 0.0111. The number of para-hydroxylation sites is 1. The Morgan fingerprint density at radius 2 is 1.74 bits per heavy atom. The minimum Gasteiger partial charge on any atom is -0.370 e. The summed E-state index contributed by atoms with van der Waals surface area (Å²) < 4.78 is 41.1. The summed E-state index contributed by atoms with van der Waals surface area (Å²) in [4.78, 5) is 14.2. The highest BCUT2D eigenvalue weighted by molar-refractivity contribution is 6.06. The molecule has 3 nitrogen and oxygen atoms in total. The molecule has 1 amide bonds. The first-order valence-electron chi connectivity index (χ1n) is 7.36. The molecule has 1 N–H and O–H groups in total. The van der Waals surface area contributed by atoms with Crippen LogP contribution < -0.4 is 10.2 Å². The van der Waals surface area contributed by atoms with E-state index in [4.69, 9.17) is 0 Å². The first kappa shape index (κ1) is 15.4. The summed E-state index contributed by atoms with van der Waals surface area (Å²) in [6.07, 6.45) is 1.98. The number of carbonyl (C=O) groups excluding carboxylic acids is 1. The van der Waals surface area contributed by atoms with Gasteiger partial charge < -0.3 is 10.2 Å². The lowest BCUT2D eigenvalue weighted by atomic mass is 10.1. The minimum atomic E-state index is -0.882. The summed E-state index contributed by atoms with van der Waals surface area (Å²) >= 11 is 0. The van der Waals surface area contributed by atoms with E-state index in [9.17, 15) is 18.0 Å². The maximum atomic E-state index is 14.2. The summed E-state index contributed by atoms with van der Waals surface area (Å²) in [6, 6.07) is 7.06. The normalized spacial score (nSPS) is 14.1. The fraction of sp³-hybridized carbons (Fsp3) is 0.235. The van der Waals surface area contributed by atoms with Gasteiger partial charge in [-0.15, -0.1) is 0 Å². The standard InChI is InChI=1S/C17H15F3N2O/c18-11-6-7-13(19)12(10-11)17(23)21-16-14(20)4-3-5-15(16)22-8-1-2-9-22/h3-7,10H,1-2,8-9H2,(H,21,23). The van der Waals surface area contributed by atoms with Crippen molar-refractivity contribution in [3.8, 4) is 0 Å². The van der Waals surface area contributed by atoms with Crippen LogP contribution in [0, 0.1) is 17.5 Å². The van der Waals surface area contributed by atoms with Crippen LogP contribution >= 0.6 is 0 Å². The van der Waals surface area contributed by atoms with E-state index < -0.39 is 28.9 Å². The Hall–Kier alpha value is -2.50. The fourth-order valence-corrected chi connectivity index (χ4v) is 2.71. The smallest absolute Gasteiger partial charge is 0.258 e. The molecule has 0 aromatic heterocycles. The molecule has 0 atom stereocenters. The lowest BCUT2D eigenvalue weighted by Gasteiger charge is -2.22. The van der Waals surface area contributed by atoms with Gasteiger partial charge in [0.25, 0.3) is 5.91 Å². The predicted molar refractivity (Wildman–Crippen MR) is 82.2 cm³/mol. The van der Waals surface area contributed by atoms with E-state index in [-0.39, 0.29) is 5.69 Å². The van der Waals surface area contributed by atoms with Crippen molar-refractivity contribution >= 4 is 17.3 Å². The molecule has 0 aliphatic carbocycles. The van der Waals surface area contributed by atoms with Gasteiger partial charge in [0.05, 0.1) is 11.3 Å². The summed E-state index contributed by atoms with van der Waals surface area (Å²) in [5.74, 6) is -3.08. The molecule has 0 unspecified atom stereocenters. The van der Waals surface area contributed by atoms with Crippen LogP contribution in [-0.2, 0) is 0 Å². The van der Waals surface area contributed by atoms with E-state index in [0.29, 0.717) is 5.69 Å². The third kappa shape index (κ3) is 3.16. The van der Waals surface area contributed by atoms with E-state index in [2.05, 4.69) is 5.32 Å². The molecule has 1 heterocycles. The highest BCUT2D eigenvalue weighted by Crippen LogP contribution is 2.31. The van der Waals surface area contributed by atoms with Gasteiger partial charge in [0, 0.05) is 13.1 Å². The zero-order valence-corrected chi connectivity index (χ0v) is 12.3. The Bertz CT molecular complexity index is 743. The lowest BCUT2D eigenvalue weighted by molar-refractivity contribution is 0.102. The van der Waals surface area contributed by atoms with Gasteiger partial charge >= 0.3 is 0 Å². The number of benzene rings is 2. The van der Waals surface area contributed by atoms with Crippen molar-refractivity contribution in [1.82, 2.24) is 0 Å². The molecule has 1 saturated heterocycles. The van der Waals surface area contributed by atoms with Crippen molar-refractivity contribution in [2.75, 3.05) is 23.3 Å². The van der Waals surface area contributed by atoms with Crippen LogP contribution in [0.2, 0.25) is 0 Å². The summed E-state index contributed by atoms with van der Waals surface area (Å²) in [5, 5.41) is 2.38. The zero-order valence-electron chi connectivity index (χ0n) is 12.3. The van der Waals surface area contributed by atoms with E-state index in [1.165, 1.54) is 6.07 Å². The number of amides is 1. The maximum Gasteiger partial charge on any atom is 0.258 e. The molecular weight excluding hydrogens is 305 g/mol. The van der Waals surface area contributed by atoms with E-state index in [1.54, 1.807) is 12.1 Å². The second kappa shape index (κ2) is 6.32. The first-order chi connectivity index (χ1) is 11.1. The van der Waals surface area contributed by atoms with E-state index >= 15 is 0 Å². The van der Waals surface area contributed by atoms with Crippen LogP contribution in [0.3, 0.4) is 0 Å². The van der Waals surface area contributed by atoms with Crippen LogP contribution in [-0.4, -0.2) is 19.0 Å². The van der Waals surface area contributed by atoms with Crippen LogP contribution in [0.5, 0.6) is 0 Å². The van der Waals surface area contributed by atoms with Gasteiger partial charge in [0.15, 0.2) is 0 Å². The number of nitrogens with zero attached hydrogens (tertiary/aromatic N) is 1. The average Bonchev–Trinajstić information content (AvgIpc) is 3.05. The molecule has 6 heteroatoms. The second-order valence-corrected chi connectivity index (χ2v) is 5.41. The number of hydrogen-bond donors (Lipinski definition) is 1. The van der Waals surface area contributed by atoms with Gasteiger partial charge in [-0.2, -0.15) is 0 Å². The Morgan fingerprint density at radius 3 is 2.48 bits per heavy atom. The van der Waals surface area contributed by atoms with Crippen molar-refractivity contribution in [2.45, 2.75) is 12.8 Å². The monoisotopic (exact) mass is 320 g/mol. The molecule has 3 rings (SSSR count). The third-order valence-corrected chi connectivity index (χ3v) is 3.85. The van der Waals surface area contributed by atoms with E-state index in [1.807, 2.05) is 4.90 Å². The number of nitrogens with one attached hydrogen (secondary N) is 1. The molecule has 1 fully saturated rings. The number of carbonyl (C=O) groups is 1. The molecule has 2 aromatic rings. The fourth-order valence-electron chi connectivity index (χ4n) is 2.71. The number of anilines is 2. The molecule has 1 aliphatic heterocycles. The molecule has 0 spiro atoms. The number of rotatable bonds is 3. The SMILES string of the molecule is O=C(Nc1c(F)cccc1N1CCCC1)c1cc(F)ccc1F. The van der Waals surface area contributed by atoms with Crippen molar-refractivity contribution in [3.63, 3.8) is 0 Å². The lowest BCUT2D eigenvalue weighted by Crippen LogP contribution is -2.22. The topological polar surface area (TPSA) is 32.3 Å². The largest absolute Gasteiger partial charge is 0.370 e. The van der Waals surface area contributed by atoms with Gasteiger partial charge in [-0.25, -0.2) is 13.2 Å².